The normalized spacial score (nSPS) is 15.5. The van der Waals surface area contributed by atoms with Crippen molar-refractivity contribution in [1.82, 2.24) is 20.6 Å². The third-order valence-electron chi connectivity index (χ3n) is 2.78. The van der Waals surface area contributed by atoms with E-state index in [1.807, 2.05) is 0 Å². The molecule has 9 heteroatoms. The summed E-state index contributed by atoms with van der Waals surface area (Å²) in [5.41, 5.74) is 0.680. The second-order valence-corrected chi connectivity index (χ2v) is 5.94. The minimum atomic E-state index is 0.610. The molecule has 0 radical (unpaired) electrons. The number of hydrogen-bond acceptors (Lipinski definition) is 6. The number of aromatic nitrogens is 4. The van der Waals surface area contributed by atoms with Crippen LogP contribution in [0.25, 0.3) is 15.5 Å². The van der Waals surface area contributed by atoms with Gasteiger partial charge >= 0.3 is 0 Å². The van der Waals surface area contributed by atoms with Crippen LogP contribution in [-0.4, -0.2) is 46.9 Å². The SMILES string of the molecule is [C-]#[N+]c1c(N2CCOCC2)sc(-c2nnn[nH]2)c1I. The fraction of sp³-hybridized carbons (Fsp3) is 0.400. The maximum absolute atomic E-state index is 7.39. The van der Waals surface area contributed by atoms with E-state index in [4.69, 9.17) is 11.3 Å². The topological polar surface area (TPSA) is 71.3 Å². The Labute approximate surface area is 126 Å². The molecule has 3 heterocycles. The van der Waals surface area contributed by atoms with Crippen LogP contribution in [0.1, 0.15) is 0 Å². The van der Waals surface area contributed by atoms with Gasteiger partial charge in [-0.2, -0.15) is 0 Å². The number of aromatic amines is 1. The van der Waals surface area contributed by atoms with Crippen molar-refractivity contribution in [2.75, 3.05) is 31.2 Å². The molecule has 0 bridgehead atoms. The van der Waals surface area contributed by atoms with E-state index < -0.39 is 0 Å². The molecule has 7 nitrogen and oxygen atoms in total. The summed E-state index contributed by atoms with van der Waals surface area (Å²) in [6.07, 6.45) is 0. The highest BCUT2D eigenvalue weighted by Crippen LogP contribution is 2.47. The number of nitrogens with one attached hydrogen (secondary N) is 1. The Bertz CT molecular complexity index is 613. The van der Waals surface area contributed by atoms with Crippen molar-refractivity contribution >= 4 is 44.6 Å². The van der Waals surface area contributed by atoms with Crippen molar-refractivity contribution < 1.29 is 4.74 Å². The molecule has 98 valence electrons. The molecule has 0 amide bonds. The molecule has 1 aliphatic rings. The van der Waals surface area contributed by atoms with E-state index >= 15 is 0 Å². The van der Waals surface area contributed by atoms with E-state index in [1.165, 1.54) is 0 Å². The monoisotopic (exact) mass is 388 g/mol. The molecule has 2 aromatic rings. The van der Waals surface area contributed by atoms with E-state index in [1.54, 1.807) is 11.3 Å². The molecule has 1 N–H and O–H groups in total. The van der Waals surface area contributed by atoms with E-state index in [0.29, 0.717) is 24.7 Å². The van der Waals surface area contributed by atoms with Crippen LogP contribution in [-0.2, 0) is 4.74 Å². The van der Waals surface area contributed by atoms with Crippen LogP contribution in [0.2, 0.25) is 0 Å². The Balaban J connectivity index is 2.05. The van der Waals surface area contributed by atoms with Gasteiger partial charge in [-0.05, 0) is 10.4 Å². The highest BCUT2D eigenvalue weighted by molar-refractivity contribution is 14.1. The van der Waals surface area contributed by atoms with Gasteiger partial charge in [0.1, 0.15) is 0 Å². The average Bonchev–Trinajstić information content (AvgIpc) is 3.07. The Morgan fingerprint density at radius 3 is 2.84 bits per heavy atom. The molecule has 0 spiro atoms. The summed E-state index contributed by atoms with van der Waals surface area (Å²) >= 11 is 3.73. The first-order valence-corrected chi connectivity index (χ1v) is 7.47. The predicted octanol–water partition coefficient (Wildman–Crippen LogP) is 1.92. The molecule has 0 atom stereocenters. The molecule has 1 saturated heterocycles. The minimum absolute atomic E-state index is 0.610. The van der Waals surface area contributed by atoms with E-state index in [2.05, 4.69) is 53.0 Å². The lowest BCUT2D eigenvalue weighted by atomic mass is 10.3. The minimum Gasteiger partial charge on any atom is -0.378 e. The number of rotatable bonds is 2. The standard InChI is InChI=1S/C10H9IN6OS/c1-12-7-6(11)8(9-13-15-16-14-9)19-10(7)17-2-4-18-5-3-17/h2-5H2,(H,13,14,15,16). The molecule has 0 aliphatic carbocycles. The quantitative estimate of drug-likeness (QED) is 0.629. The number of anilines is 1. The second-order valence-electron chi connectivity index (χ2n) is 3.86. The first-order chi connectivity index (χ1) is 9.31. The number of tetrazole rings is 1. The first kappa shape index (κ1) is 12.8. The first-order valence-electron chi connectivity index (χ1n) is 5.58. The van der Waals surface area contributed by atoms with Gasteiger partial charge in [0.2, 0.25) is 5.69 Å². The Kier molecular flexibility index (Phi) is 3.63. The van der Waals surface area contributed by atoms with Gasteiger partial charge in [-0.25, -0.2) is 9.94 Å². The maximum Gasteiger partial charge on any atom is 0.234 e. The molecule has 3 rings (SSSR count). The second kappa shape index (κ2) is 5.40. The van der Waals surface area contributed by atoms with Crippen LogP contribution in [0, 0.1) is 10.1 Å². The molecule has 1 fully saturated rings. The van der Waals surface area contributed by atoms with Gasteiger partial charge in [-0.1, -0.05) is 22.6 Å². The zero-order valence-corrected chi connectivity index (χ0v) is 12.7. The number of halogens is 1. The largest absolute Gasteiger partial charge is 0.378 e. The van der Waals surface area contributed by atoms with Crippen molar-refractivity contribution in [3.05, 3.63) is 15.0 Å². The Morgan fingerprint density at radius 2 is 2.21 bits per heavy atom. The number of H-pyrrole nitrogens is 1. The molecule has 1 aliphatic heterocycles. The lowest BCUT2D eigenvalue weighted by Crippen LogP contribution is -2.35. The molecule has 0 unspecified atom stereocenters. The third-order valence-corrected chi connectivity index (χ3v) is 5.44. The molecule has 2 aromatic heterocycles. The van der Waals surface area contributed by atoms with Gasteiger partial charge in [-0.15, -0.1) is 16.4 Å². The van der Waals surface area contributed by atoms with E-state index in [0.717, 1.165) is 26.5 Å². The summed E-state index contributed by atoms with van der Waals surface area (Å²) in [7, 11) is 0. The van der Waals surface area contributed by atoms with Gasteiger partial charge in [0.25, 0.3) is 0 Å². The third kappa shape index (κ3) is 2.31. The Hall–Kier alpha value is -1.25. The van der Waals surface area contributed by atoms with Crippen molar-refractivity contribution in [1.29, 1.82) is 0 Å². The summed E-state index contributed by atoms with van der Waals surface area (Å²) in [5, 5.41) is 14.8. The highest BCUT2D eigenvalue weighted by Gasteiger charge is 2.24. The van der Waals surface area contributed by atoms with Gasteiger partial charge in [0.05, 0.1) is 29.7 Å². The molecular weight excluding hydrogens is 379 g/mol. The summed E-state index contributed by atoms with van der Waals surface area (Å²) in [4.78, 5) is 6.77. The van der Waals surface area contributed by atoms with Crippen molar-refractivity contribution in [2.45, 2.75) is 0 Å². The smallest absolute Gasteiger partial charge is 0.234 e. The van der Waals surface area contributed by atoms with Crippen LogP contribution in [0.5, 0.6) is 0 Å². The summed E-state index contributed by atoms with van der Waals surface area (Å²) in [5.74, 6) is 0.610. The molecule has 19 heavy (non-hydrogen) atoms. The predicted molar refractivity (Wildman–Crippen MR) is 79.5 cm³/mol. The number of morpholine rings is 1. The number of hydrogen-bond donors (Lipinski definition) is 1. The fourth-order valence-corrected chi connectivity index (χ4v) is 4.14. The van der Waals surface area contributed by atoms with Gasteiger partial charge in [0, 0.05) is 16.7 Å². The van der Waals surface area contributed by atoms with E-state index in [9.17, 15) is 0 Å². The summed E-state index contributed by atoms with van der Waals surface area (Å²) in [6.45, 7) is 10.4. The van der Waals surface area contributed by atoms with Gasteiger partial charge in [-0.3, -0.25) is 0 Å². The molecule has 0 saturated carbocycles. The summed E-state index contributed by atoms with van der Waals surface area (Å²) in [6, 6.07) is 0. The molecular formula is C10H9IN6OS. The number of nitrogens with zero attached hydrogens (tertiary/aromatic N) is 5. The fourth-order valence-electron chi connectivity index (χ4n) is 1.88. The van der Waals surface area contributed by atoms with Crippen molar-refractivity contribution in [3.8, 4) is 10.7 Å². The Morgan fingerprint density at radius 1 is 1.42 bits per heavy atom. The van der Waals surface area contributed by atoms with Crippen LogP contribution >= 0.6 is 33.9 Å². The lowest BCUT2D eigenvalue weighted by Gasteiger charge is -2.28. The average molecular weight is 388 g/mol. The zero-order valence-electron chi connectivity index (χ0n) is 9.76. The van der Waals surface area contributed by atoms with Crippen LogP contribution in [0.4, 0.5) is 10.7 Å². The van der Waals surface area contributed by atoms with Gasteiger partial charge in [0.15, 0.2) is 5.82 Å². The number of ether oxygens (including phenoxy) is 1. The van der Waals surface area contributed by atoms with Crippen LogP contribution in [0.15, 0.2) is 0 Å². The number of thiophene rings is 1. The van der Waals surface area contributed by atoms with Crippen LogP contribution in [0.3, 0.4) is 0 Å². The zero-order chi connectivity index (χ0) is 13.2. The van der Waals surface area contributed by atoms with Crippen molar-refractivity contribution in [3.63, 3.8) is 0 Å². The molecule has 0 aromatic carbocycles. The van der Waals surface area contributed by atoms with Gasteiger partial charge < -0.3 is 9.64 Å². The van der Waals surface area contributed by atoms with E-state index in [-0.39, 0.29) is 0 Å². The lowest BCUT2D eigenvalue weighted by molar-refractivity contribution is 0.123. The van der Waals surface area contributed by atoms with Crippen LogP contribution < -0.4 is 4.90 Å². The van der Waals surface area contributed by atoms with Crippen molar-refractivity contribution in [2.24, 2.45) is 0 Å². The highest BCUT2D eigenvalue weighted by atomic mass is 127. The summed E-state index contributed by atoms with van der Waals surface area (Å²) < 4.78 is 6.25. The maximum atomic E-state index is 7.39.